The Morgan fingerprint density at radius 3 is 2.65 bits per heavy atom. The van der Waals surface area contributed by atoms with Crippen molar-refractivity contribution in [2.45, 2.75) is 37.1 Å². The number of nitrogen functional groups attached to an aromatic ring is 1. The molecule has 0 amide bonds. The number of benzene rings is 1. The molecule has 0 unspecified atom stereocenters. The maximum Gasteiger partial charge on any atom is 0.354 e. The van der Waals surface area contributed by atoms with Gasteiger partial charge in [-0.25, -0.2) is 4.79 Å². The molecule has 0 bridgehead atoms. The number of aromatic hydroxyl groups is 1. The third-order valence-electron chi connectivity index (χ3n) is 3.94. The number of rotatable bonds is 4. The second-order valence-electron chi connectivity index (χ2n) is 6.58. The third kappa shape index (κ3) is 3.35. The first kappa shape index (κ1) is 18.1. The highest BCUT2D eigenvalue weighted by molar-refractivity contribution is 7.99. The van der Waals surface area contributed by atoms with Crippen molar-refractivity contribution in [1.29, 1.82) is 0 Å². The van der Waals surface area contributed by atoms with Crippen LogP contribution < -0.4 is 16.9 Å². The average molecular weight is 372 g/mol. The van der Waals surface area contributed by atoms with Gasteiger partial charge in [0.05, 0.1) is 0 Å². The van der Waals surface area contributed by atoms with Crippen LogP contribution in [0.4, 0.5) is 5.69 Å². The van der Waals surface area contributed by atoms with Gasteiger partial charge in [0, 0.05) is 28.9 Å². The first-order chi connectivity index (χ1) is 12.3. The Labute approximate surface area is 154 Å². The molecule has 2 aromatic heterocycles. The van der Waals surface area contributed by atoms with E-state index in [0.717, 1.165) is 11.8 Å². The lowest BCUT2D eigenvalue weighted by Crippen LogP contribution is -2.25. The second kappa shape index (κ2) is 6.92. The summed E-state index contributed by atoms with van der Waals surface area (Å²) in [6.07, 6.45) is 0. The normalized spacial score (nSPS) is 11.4. The molecule has 0 aliphatic heterocycles. The van der Waals surface area contributed by atoms with Gasteiger partial charge in [-0.3, -0.25) is 4.79 Å². The number of pyridine rings is 1. The number of aromatic nitrogens is 1. The van der Waals surface area contributed by atoms with Gasteiger partial charge in [0.25, 0.3) is 5.56 Å². The summed E-state index contributed by atoms with van der Waals surface area (Å²) in [5.74, 6) is -0.103. The molecule has 3 aromatic rings. The Bertz CT molecular complexity index is 1100. The molecular formula is C19H20N2O4S. The highest BCUT2D eigenvalue weighted by atomic mass is 32.2. The fourth-order valence-electron chi connectivity index (χ4n) is 2.77. The molecule has 0 spiro atoms. The van der Waals surface area contributed by atoms with Crippen molar-refractivity contribution in [3.05, 3.63) is 56.8 Å². The molecular weight excluding hydrogens is 352 g/mol. The number of nitrogens with two attached hydrogens (primary N) is 1. The van der Waals surface area contributed by atoms with Crippen LogP contribution in [0.15, 0.2) is 54.1 Å². The van der Waals surface area contributed by atoms with Crippen LogP contribution in [0.1, 0.15) is 19.5 Å². The SMILES string of the molecule is Cc1cc2oc(=O)c(Sc3cccc(N)c3)c(O)c2c(=O)n1CC(C)C. The van der Waals surface area contributed by atoms with E-state index < -0.39 is 5.63 Å². The van der Waals surface area contributed by atoms with Crippen LogP contribution in [0.25, 0.3) is 11.0 Å². The van der Waals surface area contributed by atoms with Crippen LogP contribution in [-0.4, -0.2) is 9.67 Å². The summed E-state index contributed by atoms with van der Waals surface area (Å²) < 4.78 is 6.90. The predicted octanol–water partition coefficient (Wildman–Crippen LogP) is 3.36. The summed E-state index contributed by atoms with van der Waals surface area (Å²) in [6.45, 7) is 6.29. The largest absolute Gasteiger partial charge is 0.505 e. The zero-order chi connectivity index (χ0) is 19.0. The van der Waals surface area contributed by atoms with Gasteiger partial charge in [-0.1, -0.05) is 31.7 Å². The van der Waals surface area contributed by atoms with Crippen molar-refractivity contribution in [3.8, 4) is 5.75 Å². The second-order valence-corrected chi connectivity index (χ2v) is 7.66. The van der Waals surface area contributed by atoms with E-state index in [1.54, 1.807) is 41.8 Å². The maximum atomic E-state index is 12.9. The summed E-state index contributed by atoms with van der Waals surface area (Å²) in [4.78, 5) is 25.9. The van der Waals surface area contributed by atoms with E-state index in [1.807, 2.05) is 13.8 Å². The van der Waals surface area contributed by atoms with Gasteiger partial charge in [0.2, 0.25) is 0 Å². The van der Waals surface area contributed by atoms with Gasteiger partial charge in [-0.15, -0.1) is 0 Å². The lowest BCUT2D eigenvalue weighted by atomic mass is 10.2. The van der Waals surface area contributed by atoms with E-state index in [0.29, 0.717) is 22.8 Å². The zero-order valence-electron chi connectivity index (χ0n) is 14.8. The monoisotopic (exact) mass is 372 g/mol. The fourth-order valence-corrected chi connectivity index (χ4v) is 3.67. The van der Waals surface area contributed by atoms with Gasteiger partial charge in [0.15, 0.2) is 5.75 Å². The van der Waals surface area contributed by atoms with Crippen LogP contribution in [-0.2, 0) is 6.54 Å². The third-order valence-corrected chi connectivity index (χ3v) is 4.99. The van der Waals surface area contributed by atoms with Gasteiger partial charge in [-0.05, 0) is 31.0 Å². The molecule has 136 valence electrons. The maximum absolute atomic E-state index is 12.9. The van der Waals surface area contributed by atoms with Crippen LogP contribution in [0.2, 0.25) is 0 Å². The highest BCUT2D eigenvalue weighted by Gasteiger charge is 2.20. The fraction of sp³-hybridized carbons (Fsp3) is 0.263. The van der Waals surface area contributed by atoms with Crippen LogP contribution in [0.3, 0.4) is 0 Å². The molecule has 3 N–H and O–H groups in total. The van der Waals surface area contributed by atoms with Crippen molar-refractivity contribution < 1.29 is 9.52 Å². The zero-order valence-corrected chi connectivity index (χ0v) is 15.6. The molecule has 0 atom stereocenters. The van der Waals surface area contributed by atoms with E-state index in [9.17, 15) is 14.7 Å². The van der Waals surface area contributed by atoms with Gasteiger partial charge >= 0.3 is 5.63 Å². The molecule has 1 aromatic carbocycles. The molecule has 0 saturated heterocycles. The van der Waals surface area contributed by atoms with Crippen LogP contribution in [0.5, 0.6) is 5.75 Å². The molecule has 26 heavy (non-hydrogen) atoms. The first-order valence-electron chi connectivity index (χ1n) is 8.21. The summed E-state index contributed by atoms with van der Waals surface area (Å²) in [5.41, 5.74) is 5.99. The lowest BCUT2D eigenvalue weighted by molar-refractivity contribution is 0.443. The molecule has 0 fully saturated rings. The van der Waals surface area contributed by atoms with Crippen molar-refractivity contribution in [1.82, 2.24) is 4.57 Å². The molecule has 2 heterocycles. The number of hydrogen-bond acceptors (Lipinski definition) is 6. The Balaban J connectivity index is 2.23. The van der Waals surface area contributed by atoms with Gasteiger partial charge in [-0.2, -0.15) is 0 Å². The van der Waals surface area contributed by atoms with Gasteiger partial charge < -0.3 is 19.8 Å². The minimum atomic E-state index is -0.692. The Kier molecular flexibility index (Phi) is 4.82. The molecule has 0 radical (unpaired) electrons. The van der Waals surface area contributed by atoms with Crippen molar-refractivity contribution in [2.24, 2.45) is 5.92 Å². The topological polar surface area (TPSA) is 98.5 Å². The minimum absolute atomic E-state index is 0.0160. The predicted molar refractivity (Wildman–Crippen MR) is 103 cm³/mol. The van der Waals surface area contributed by atoms with E-state index in [4.69, 9.17) is 10.2 Å². The van der Waals surface area contributed by atoms with Crippen molar-refractivity contribution in [2.75, 3.05) is 5.73 Å². The van der Waals surface area contributed by atoms with E-state index in [-0.39, 0.29) is 33.1 Å². The van der Waals surface area contributed by atoms with Crippen molar-refractivity contribution >= 4 is 28.4 Å². The first-order valence-corrected chi connectivity index (χ1v) is 9.03. The van der Waals surface area contributed by atoms with E-state index >= 15 is 0 Å². The van der Waals surface area contributed by atoms with Crippen LogP contribution >= 0.6 is 11.8 Å². The van der Waals surface area contributed by atoms with Gasteiger partial charge in [0.1, 0.15) is 15.9 Å². The average Bonchev–Trinajstić information content (AvgIpc) is 2.55. The number of aryl methyl sites for hydroxylation is 1. The standard InChI is InChI=1S/C19H20N2O4S/c1-10(2)9-21-11(3)7-14-15(18(21)23)16(22)17(19(24)25-14)26-13-6-4-5-12(20)8-13/h4-8,10,22H,9,20H2,1-3H3. The summed E-state index contributed by atoms with van der Waals surface area (Å²) in [6, 6.07) is 8.52. The number of nitrogens with zero attached hydrogens (tertiary/aromatic N) is 1. The van der Waals surface area contributed by atoms with Crippen molar-refractivity contribution in [3.63, 3.8) is 0 Å². The van der Waals surface area contributed by atoms with Crippen LogP contribution in [0, 0.1) is 12.8 Å². The lowest BCUT2D eigenvalue weighted by Gasteiger charge is -2.14. The highest BCUT2D eigenvalue weighted by Crippen LogP contribution is 2.35. The number of fused-ring (bicyclic) bond motifs is 1. The summed E-state index contributed by atoms with van der Waals surface area (Å²) >= 11 is 1.02. The Morgan fingerprint density at radius 2 is 2.00 bits per heavy atom. The number of anilines is 1. The molecule has 7 heteroatoms. The molecule has 6 nitrogen and oxygen atoms in total. The Hall–Kier alpha value is -2.67. The quantitative estimate of drug-likeness (QED) is 0.682. The summed E-state index contributed by atoms with van der Waals surface area (Å²) in [7, 11) is 0. The minimum Gasteiger partial charge on any atom is -0.505 e. The molecule has 0 aliphatic rings. The Morgan fingerprint density at radius 1 is 1.27 bits per heavy atom. The summed E-state index contributed by atoms with van der Waals surface area (Å²) in [5, 5.41) is 10.7. The smallest absolute Gasteiger partial charge is 0.354 e. The molecule has 0 saturated carbocycles. The molecule has 3 rings (SSSR count). The van der Waals surface area contributed by atoms with E-state index in [1.165, 1.54) is 0 Å². The molecule has 0 aliphatic carbocycles. The number of hydrogen-bond donors (Lipinski definition) is 2. The van der Waals surface area contributed by atoms with E-state index in [2.05, 4.69) is 0 Å².